The number of fused-ring (bicyclic) bond motifs is 1. The van der Waals surface area contributed by atoms with Crippen molar-refractivity contribution < 1.29 is 14.3 Å². The molecule has 2 N–H and O–H groups in total. The minimum atomic E-state index is -0.905. The molecule has 118 valence electrons. The molecule has 3 atom stereocenters. The Labute approximate surface area is 126 Å². The first-order valence-corrected chi connectivity index (χ1v) is 7.47. The number of methoxy groups -OCH3 is 1. The van der Waals surface area contributed by atoms with E-state index < -0.39 is 5.54 Å². The first kappa shape index (κ1) is 16.2. The maximum atomic E-state index is 13.0. The van der Waals surface area contributed by atoms with Crippen molar-refractivity contribution in [3.8, 4) is 6.07 Å². The molecular formula is C15H25N3O3. The highest BCUT2D eigenvalue weighted by Gasteiger charge is 2.71. The molecule has 0 radical (unpaired) electrons. The molecule has 1 aliphatic heterocycles. The van der Waals surface area contributed by atoms with Crippen molar-refractivity contribution in [1.82, 2.24) is 4.90 Å². The van der Waals surface area contributed by atoms with Gasteiger partial charge in [-0.1, -0.05) is 13.8 Å². The van der Waals surface area contributed by atoms with E-state index in [4.69, 9.17) is 20.5 Å². The number of carbonyl (C=O) groups is 1. The van der Waals surface area contributed by atoms with E-state index in [-0.39, 0.29) is 23.3 Å². The average Bonchev–Trinajstić information content (AvgIpc) is 2.94. The van der Waals surface area contributed by atoms with Gasteiger partial charge >= 0.3 is 0 Å². The average molecular weight is 295 g/mol. The van der Waals surface area contributed by atoms with Crippen molar-refractivity contribution in [2.45, 2.75) is 38.3 Å². The van der Waals surface area contributed by atoms with Gasteiger partial charge in [-0.05, 0) is 6.42 Å². The molecule has 1 heterocycles. The molecule has 1 saturated heterocycles. The summed E-state index contributed by atoms with van der Waals surface area (Å²) in [6.45, 7) is 5.96. The number of hydrogen-bond acceptors (Lipinski definition) is 5. The van der Waals surface area contributed by atoms with Crippen molar-refractivity contribution in [2.75, 3.05) is 33.4 Å². The van der Waals surface area contributed by atoms with Gasteiger partial charge < -0.3 is 20.1 Å². The molecule has 0 bridgehead atoms. The summed E-state index contributed by atoms with van der Waals surface area (Å²) >= 11 is 0. The van der Waals surface area contributed by atoms with Crippen molar-refractivity contribution in [2.24, 2.45) is 17.1 Å². The van der Waals surface area contributed by atoms with Gasteiger partial charge in [0.15, 0.2) is 0 Å². The van der Waals surface area contributed by atoms with Gasteiger partial charge in [0, 0.05) is 38.1 Å². The molecule has 1 amide bonds. The van der Waals surface area contributed by atoms with Gasteiger partial charge in [-0.15, -0.1) is 0 Å². The number of carbonyl (C=O) groups excluding carboxylic acids is 1. The van der Waals surface area contributed by atoms with Crippen LogP contribution in [0.1, 0.15) is 26.7 Å². The van der Waals surface area contributed by atoms with Gasteiger partial charge in [0.05, 0.1) is 25.2 Å². The Hall–Kier alpha value is -1.16. The van der Waals surface area contributed by atoms with Gasteiger partial charge in [-0.2, -0.15) is 5.26 Å². The highest BCUT2D eigenvalue weighted by atomic mass is 16.5. The predicted molar refractivity (Wildman–Crippen MR) is 77.2 cm³/mol. The summed E-state index contributed by atoms with van der Waals surface area (Å²) in [5.41, 5.74) is 5.27. The van der Waals surface area contributed by atoms with Crippen LogP contribution in [0.4, 0.5) is 0 Å². The van der Waals surface area contributed by atoms with E-state index in [2.05, 4.69) is 6.07 Å². The molecular weight excluding hydrogens is 270 g/mol. The first-order chi connectivity index (χ1) is 9.91. The van der Waals surface area contributed by atoms with E-state index in [0.717, 1.165) is 6.42 Å². The second-order valence-corrected chi connectivity index (χ2v) is 6.47. The SMILES string of the molecule is COCCN(CCC#N)C(=O)C1(N)C2CCOC2C1(C)C. The first-order valence-electron chi connectivity index (χ1n) is 7.47. The van der Waals surface area contributed by atoms with Crippen molar-refractivity contribution in [3.63, 3.8) is 0 Å². The largest absolute Gasteiger partial charge is 0.383 e. The van der Waals surface area contributed by atoms with Crippen LogP contribution in [0.3, 0.4) is 0 Å². The summed E-state index contributed by atoms with van der Waals surface area (Å²) in [6, 6.07) is 2.08. The molecule has 1 aliphatic carbocycles. The summed E-state index contributed by atoms with van der Waals surface area (Å²) < 4.78 is 10.8. The predicted octanol–water partition coefficient (Wildman–Crippen LogP) is 0.517. The van der Waals surface area contributed by atoms with Crippen LogP contribution in [0.5, 0.6) is 0 Å². The van der Waals surface area contributed by atoms with Crippen LogP contribution in [0, 0.1) is 22.7 Å². The summed E-state index contributed by atoms with van der Waals surface area (Å²) in [6.07, 6.45) is 1.19. The lowest BCUT2D eigenvalue weighted by Gasteiger charge is -2.61. The van der Waals surface area contributed by atoms with Crippen LogP contribution >= 0.6 is 0 Å². The summed E-state index contributed by atoms with van der Waals surface area (Å²) in [5, 5.41) is 8.78. The molecule has 0 aromatic heterocycles. The topological polar surface area (TPSA) is 88.6 Å². The Kier molecular flexibility index (Phi) is 4.57. The Morgan fingerprint density at radius 3 is 2.86 bits per heavy atom. The molecule has 1 saturated carbocycles. The van der Waals surface area contributed by atoms with E-state index in [0.29, 0.717) is 32.7 Å². The number of amides is 1. The van der Waals surface area contributed by atoms with E-state index in [1.54, 1.807) is 12.0 Å². The zero-order valence-electron chi connectivity index (χ0n) is 13.1. The van der Waals surface area contributed by atoms with Crippen molar-refractivity contribution >= 4 is 5.91 Å². The zero-order chi connectivity index (χ0) is 15.7. The molecule has 21 heavy (non-hydrogen) atoms. The monoisotopic (exact) mass is 295 g/mol. The van der Waals surface area contributed by atoms with E-state index in [1.165, 1.54) is 0 Å². The van der Waals surface area contributed by atoms with Crippen LogP contribution < -0.4 is 5.73 Å². The Bertz CT molecular complexity index is 446. The second-order valence-electron chi connectivity index (χ2n) is 6.47. The number of nitrogens with zero attached hydrogens (tertiary/aromatic N) is 2. The number of rotatable bonds is 6. The maximum absolute atomic E-state index is 13.0. The number of nitrogens with two attached hydrogens (primary N) is 1. The Balaban J connectivity index is 2.17. The van der Waals surface area contributed by atoms with Gasteiger partial charge in [0.1, 0.15) is 5.54 Å². The van der Waals surface area contributed by atoms with Crippen LogP contribution in [-0.4, -0.2) is 55.9 Å². The standard InChI is InChI=1S/C15H25N3O3/c1-14(2)12-11(5-9-21-12)15(14,17)13(19)18(7-4-6-16)8-10-20-3/h11-12H,4-5,7-10,17H2,1-3H3. The molecule has 2 rings (SSSR count). The van der Waals surface area contributed by atoms with E-state index in [9.17, 15) is 4.79 Å². The molecule has 0 aromatic rings. The van der Waals surface area contributed by atoms with E-state index >= 15 is 0 Å². The summed E-state index contributed by atoms with van der Waals surface area (Å²) in [7, 11) is 1.60. The Morgan fingerprint density at radius 1 is 1.52 bits per heavy atom. The van der Waals surface area contributed by atoms with E-state index in [1.807, 2.05) is 13.8 Å². The normalized spacial score (nSPS) is 32.9. The van der Waals surface area contributed by atoms with Gasteiger partial charge in [-0.3, -0.25) is 4.79 Å². The fourth-order valence-corrected chi connectivity index (χ4v) is 3.78. The summed E-state index contributed by atoms with van der Waals surface area (Å²) in [4.78, 5) is 14.7. The molecule has 6 heteroatoms. The lowest BCUT2D eigenvalue weighted by atomic mass is 9.47. The highest BCUT2D eigenvalue weighted by Crippen LogP contribution is 2.58. The third kappa shape index (κ3) is 2.33. The van der Waals surface area contributed by atoms with Crippen LogP contribution in [0.25, 0.3) is 0 Å². The minimum absolute atomic E-state index is 0.0618. The minimum Gasteiger partial charge on any atom is -0.383 e. The number of ether oxygens (including phenoxy) is 2. The molecule has 3 unspecified atom stereocenters. The lowest BCUT2D eigenvalue weighted by molar-refractivity contribution is -0.184. The van der Waals surface area contributed by atoms with Gasteiger partial charge in [0.25, 0.3) is 0 Å². The lowest BCUT2D eigenvalue weighted by Crippen LogP contribution is -2.80. The number of nitriles is 1. The second kappa shape index (κ2) is 5.91. The highest BCUT2D eigenvalue weighted by molar-refractivity contribution is 5.89. The van der Waals surface area contributed by atoms with Crippen LogP contribution in [0.2, 0.25) is 0 Å². The molecule has 2 aliphatic rings. The quantitative estimate of drug-likeness (QED) is 0.771. The zero-order valence-corrected chi connectivity index (χ0v) is 13.1. The molecule has 2 fully saturated rings. The Morgan fingerprint density at radius 2 is 2.24 bits per heavy atom. The smallest absolute Gasteiger partial charge is 0.243 e. The number of hydrogen-bond donors (Lipinski definition) is 1. The molecule has 0 spiro atoms. The third-order valence-electron chi connectivity index (χ3n) is 5.15. The van der Waals surface area contributed by atoms with Gasteiger partial charge in [-0.25, -0.2) is 0 Å². The fourth-order valence-electron chi connectivity index (χ4n) is 3.78. The molecule has 0 aromatic carbocycles. The van der Waals surface area contributed by atoms with Crippen molar-refractivity contribution in [3.05, 3.63) is 0 Å². The maximum Gasteiger partial charge on any atom is 0.243 e. The summed E-state index contributed by atoms with van der Waals surface area (Å²) in [5.74, 6) is -0.00122. The van der Waals surface area contributed by atoms with Crippen molar-refractivity contribution in [1.29, 1.82) is 5.26 Å². The van der Waals surface area contributed by atoms with Crippen LogP contribution in [0.15, 0.2) is 0 Å². The van der Waals surface area contributed by atoms with Gasteiger partial charge in [0.2, 0.25) is 5.91 Å². The fraction of sp³-hybridized carbons (Fsp3) is 0.867. The molecule has 6 nitrogen and oxygen atoms in total. The van der Waals surface area contributed by atoms with Crippen LogP contribution in [-0.2, 0) is 14.3 Å². The third-order valence-corrected chi connectivity index (χ3v) is 5.15.